The normalized spacial score (nSPS) is 26.3. The standard InChI is InChI=1S/C9H16N4S/c1-9(2,3)7-12-8(14-13-7)11-6-4-5(6)10/h5-6H,4,10H2,1-3H3,(H,11,12,13). The number of nitrogens with two attached hydrogens (primary N) is 1. The number of aromatic nitrogens is 2. The Morgan fingerprint density at radius 1 is 1.50 bits per heavy atom. The molecule has 0 bridgehead atoms. The fraction of sp³-hybridized carbons (Fsp3) is 0.778. The summed E-state index contributed by atoms with van der Waals surface area (Å²) in [5.41, 5.74) is 5.73. The molecule has 1 aromatic rings. The van der Waals surface area contributed by atoms with Gasteiger partial charge in [-0.25, -0.2) is 4.98 Å². The molecule has 78 valence electrons. The van der Waals surface area contributed by atoms with Crippen LogP contribution in [0.25, 0.3) is 0 Å². The van der Waals surface area contributed by atoms with E-state index in [0.717, 1.165) is 17.4 Å². The molecule has 3 N–H and O–H groups in total. The lowest BCUT2D eigenvalue weighted by Crippen LogP contribution is -2.15. The molecule has 0 saturated heterocycles. The van der Waals surface area contributed by atoms with Crippen molar-refractivity contribution in [1.82, 2.24) is 9.36 Å². The van der Waals surface area contributed by atoms with E-state index in [9.17, 15) is 0 Å². The van der Waals surface area contributed by atoms with Crippen LogP contribution in [0.1, 0.15) is 33.0 Å². The molecule has 1 aliphatic carbocycles. The monoisotopic (exact) mass is 212 g/mol. The van der Waals surface area contributed by atoms with Crippen molar-refractivity contribution in [2.45, 2.75) is 44.7 Å². The molecule has 5 heteroatoms. The summed E-state index contributed by atoms with van der Waals surface area (Å²) < 4.78 is 4.32. The van der Waals surface area contributed by atoms with Crippen molar-refractivity contribution in [2.75, 3.05) is 5.32 Å². The largest absolute Gasteiger partial charge is 0.356 e. The molecule has 1 fully saturated rings. The van der Waals surface area contributed by atoms with E-state index < -0.39 is 0 Å². The van der Waals surface area contributed by atoms with Gasteiger partial charge in [-0.3, -0.25) is 0 Å². The fourth-order valence-corrected chi connectivity index (χ4v) is 1.94. The van der Waals surface area contributed by atoms with Crippen molar-refractivity contribution in [1.29, 1.82) is 0 Å². The van der Waals surface area contributed by atoms with Crippen LogP contribution in [0.5, 0.6) is 0 Å². The average molecular weight is 212 g/mol. The third kappa shape index (κ3) is 2.04. The Balaban J connectivity index is 2.03. The smallest absolute Gasteiger partial charge is 0.202 e. The van der Waals surface area contributed by atoms with E-state index in [1.807, 2.05) is 0 Å². The molecular formula is C9H16N4S. The van der Waals surface area contributed by atoms with E-state index in [0.29, 0.717) is 12.1 Å². The second-order valence-corrected chi connectivity index (χ2v) is 5.58. The summed E-state index contributed by atoms with van der Waals surface area (Å²) >= 11 is 1.42. The highest BCUT2D eigenvalue weighted by Gasteiger charge is 2.34. The van der Waals surface area contributed by atoms with Crippen LogP contribution in [0.4, 0.5) is 5.13 Å². The molecule has 1 saturated carbocycles. The van der Waals surface area contributed by atoms with E-state index in [1.165, 1.54) is 11.5 Å². The summed E-state index contributed by atoms with van der Waals surface area (Å²) in [6, 6.07) is 0.716. The van der Waals surface area contributed by atoms with Gasteiger partial charge in [-0.05, 0) is 6.42 Å². The zero-order valence-corrected chi connectivity index (χ0v) is 9.56. The third-order valence-electron chi connectivity index (χ3n) is 2.25. The van der Waals surface area contributed by atoms with Crippen LogP contribution in [0, 0.1) is 0 Å². The number of nitrogens with zero attached hydrogens (tertiary/aromatic N) is 2. The first-order valence-corrected chi connectivity index (χ1v) is 5.60. The van der Waals surface area contributed by atoms with Crippen LogP contribution in [0.15, 0.2) is 0 Å². The minimum absolute atomic E-state index is 0.0299. The molecule has 2 unspecified atom stereocenters. The fourth-order valence-electron chi connectivity index (χ4n) is 1.13. The lowest BCUT2D eigenvalue weighted by molar-refractivity contribution is 0.555. The lowest BCUT2D eigenvalue weighted by atomic mass is 9.96. The van der Waals surface area contributed by atoms with Crippen LogP contribution in [-0.4, -0.2) is 21.4 Å². The van der Waals surface area contributed by atoms with Gasteiger partial charge in [-0.15, -0.1) is 0 Å². The zero-order chi connectivity index (χ0) is 10.3. The van der Waals surface area contributed by atoms with Crippen molar-refractivity contribution >= 4 is 16.7 Å². The van der Waals surface area contributed by atoms with Gasteiger partial charge < -0.3 is 11.1 Å². The molecule has 2 atom stereocenters. The maximum absolute atomic E-state index is 5.70. The minimum Gasteiger partial charge on any atom is -0.356 e. The molecule has 0 radical (unpaired) electrons. The topological polar surface area (TPSA) is 63.8 Å². The van der Waals surface area contributed by atoms with Crippen molar-refractivity contribution < 1.29 is 0 Å². The Morgan fingerprint density at radius 2 is 2.14 bits per heavy atom. The Bertz CT molecular complexity index is 328. The van der Waals surface area contributed by atoms with E-state index in [-0.39, 0.29) is 5.41 Å². The number of anilines is 1. The van der Waals surface area contributed by atoms with Gasteiger partial charge in [0.05, 0.1) is 0 Å². The lowest BCUT2D eigenvalue weighted by Gasteiger charge is -2.12. The Morgan fingerprint density at radius 3 is 2.57 bits per heavy atom. The van der Waals surface area contributed by atoms with Crippen LogP contribution in [0.3, 0.4) is 0 Å². The van der Waals surface area contributed by atoms with Crippen LogP contribution < -0.4 is 11.1 Å². The molecule has 0 amide bonds. The first-order valence-electron chi connectivity index (χ1n) is 4.83. The highest BCUT2D eigenvalue weighted by Crippen LogP contribution is 2.27. The maximum atomic E-state index is 5.70. The number of rotatable bonds is 2. The van der Waals surface area contributed by atoms with Gasteiger partial charge in [0.15, 0.2) is 0 Å². The summed E-state index contributed by atoms with van der Waals surface area (Å²) in [6.07, 6.45) is 1.05. The van der Waals surface area contributed by atoms with Gasteiger partial charge in [-0.1, -0.05) is 20.8 Å². The highest BCUT2D eigenvalue weighted by atomic mass is 32.1. The molecule has 1 aliphatic rings. The molecule has 1 aromatic heterocycles. The molecule has 14 heavy (non-hydrogen) atoms. The summed E-state index contributed by atoms with van der Waals surface area (Å²) in [6.45, 7) is 6.34. The third-order valence-corrected chi connectivity index (χ3v) is 2.89. The molecule has 4 nitrogen and oxygen atoms in total. The zero-order valence-electron chi connectivity index (χ0n) is 8.74. The summed E-state index contributed by atoms with van der Waals surface area (Å²) in [4.78, 5) is 4.44. The van der Waals surface area contributed by atoms with E-state index in [2.05, 4.69) is 35.4 Å². The molecular weight excluding hydrogens is 196 g/mol. The maximum Gasteiger partial charge on any atom is 0.202 e. The molecule has 1 heterocycles. The Kier molecular flexibility index (Phi) is 2.23. The van der Waals surface area contributed by atoms with Gasteiger partial charge in [0.2, 0.25) is 5.13 Å². The summed E-state index contributed by atoms with van der Waals surface area (Å²) in [5, 5.41) is 4.17. The van der Waals surface area contributed by atoms with Crippen LogP contribution in [0.2, 0.25) is 0 Å². The predicted molar refractivity (Wildman–Crippen MR) is 58.6 cm³/mol. The number of nitrogens with one attached hydrogen (secondary N) is 1. The van der Waals surface area contributed by atoms with Crippen LogP contribution >= 0.6 is 11.5 Å². The average Bonchev–Trinajstić information content (AvgIpc) is 2.60. The summed E-state index contributed by atoms with van der Waals surface area (Å²) in [7, 11) is 0. The quantitative estimate of drug-likeness (QED) is 0.776. The Labute approximate surface area is 88.1 Å². The van der Waals surface area contributed by atoms with Crippen molar-refractivity contribution in [3.8, 4) is 0 Å². The van der Waals surface area contributed by atoms with Crippen molar-refractivity contribution in [3.05, 3.63) is 5.82 Å². The van der Waals surface area contributed by atoms with Crippen LogP contribution in [-0.2, 0) is 5.41 Å². The van der Waals surface area contributed by atoms with Crippen molar-refractivity contribution in [2.24, 2.45) is 5.73 Å². The van der Waals surface area contributed by atoms with E-state index in [1.54, 1.807) is 0 Å². The predicted octanol–water partition coefficient (Wildman–Crippen LogP) is 1.35. The summed E-state index contributed by atoms with van der Waals surface area (Å²) in [5.74, 6) is 0.902. The molecule has 2 rings (SSSR count). The van der Waals surface area contributed by atoms with Gasteiger partial charge in [0.25, 0.3) is 0 Å². The van der Waals surface area contributed by atoms with Gasteiger partial charge in [0.1, 0.15) is 5.82 Å². The minimum atomic E-state index is 0.0299. The molecule has 0 spiro atoms. The van der Waals surface area contributed by atoms with E-state index >= 15 is 0 Å². The van der Waals surface area contributed by atoms with Gasteiger partial charge in [-0.2, -0.15) is 4.37 Å². The number of hydrogen-bond donors (Lipinski definition) is 2. The van der Waals surface area contributed by atoms with E-state index in [4.69, 9.17) is 5.73 Å². The highest BCUT2D eigenvalue weighted by molar-refractivity contribution is 7.09. The van der Waals surface area contributed by atoms with Gasteiger partial charge in [0, 0.05) is 29.0 Å². The first-order chi connectivity index (χ1) is 6.47. The molecule has 0 aromatic carbocycles. The SMILES string of the molecule is CC(C)(C)c1nsc(NC2CC2N)n1. The first kappa shape index (κ1) is 9.86. The van der Waals surface area contributed by atoms with Crippen molar-refractivity contribution in [3.63, 3.8) is 0 Å². The second kappa shape index (κ2) is 3.17. The Hall–Kier alpha value is -0.680. The number of hydrogen-bond acceptors (Lipinski definition) is 5. The molecule has 0 aliphatic heterocycles. The second-order valence-electron chi connectivity index (χ2n) is 4.82. The van der Waals surface area contributed by atoms with Gasteiger partial charge >= 0.3 is 0 Å².